The third-order valence-electron chi connectivity index (χ3n) is 3.60. The van der Waals surface area contributed by atoms with Crippen LogP contribution in [0.15, 0.2) is 66.9 Å². The van der Waals surface area contributed by atoms with Crippen molar-refractivity contribution in [2.75, 3.05) is 20.6 Å². The zero-order chi connectivity index (χ0) is 19.4. The first-order chi connectivity index (χ1) is 12.4. The molecule has 1 unspecified atom stereocenters. The lowest BCUT2D eigenvalue weighted by Gasteiger charge is -2.15. The molecule has 2 aromatic rings. The number of hydrogen-bond acceptors (Lipinski definition) is 4. The third kappa shape index (κ3) is 8.75. The summed E-state index contributed by atoms with van der Waals surface area (Å²) in [6.07, 6.45) is 3.94. The predicted molar refractivity (Wildman–Crippen MR) is 92.7 cm³/mol. The van der Waals surface area contributed by atoms with Crippen molar-refractivity contribution in [2.24, 2.45) is 0 Å². The second-order valence-electron chi connectivity index (χ2n) is 6.00. The molecule has 0 aliphatic carbocycles. The third-order valence-corrected chi connectivity index (χ3v) is 3.60. The number of H-pyrrole nitrogens is 1. The second kappa shape index (κ2) is 11.5. The molecule has 26 heavy (non-hydrogen) atoms. The van der Waals surface area contributed by atoms with Crippen molar-refractivity contribution in [1.82, 2.24) is 0 Å². The minimum atomic E-state index is -1.55. The maximum absolute atomic E-state index is 9.41. The van der Waals surface area contributed by atoms with Crippen LogP contribution in [-0.2, 0) is 9.59 Å². The number of pyridine rings is 1. The Morgan fingerprint density at radius 3 is 2.04 bits per heavy atom. The van der Waals surface area contributed by atoms with E-state index in [2.05, 4.69) is 61.5 Å². The first-order valence-corrected chi connectivity index (χ1v) is 8.30. The Morgan fingerprint density at radius 2 is 1.58 bits per heavy atom. The minimum Gasteiger partial charge on any atom is -0.545 e. The highest BCUT2D eigenvalue weighted by atomic mass is 16.4. The van der Waals surface area contributed by atoms with E-state index in [0.717, 1.165) is 6.42 Å². The lowest BCUT2D eigenvalue weighted by molar-refractivity contribution is -0.858. The maximum Gasteiger partial charge on any atom is 0.187 e. The van der Waals surface area contributed by atoms with Crippen LogP contribution in [0.1, 0.15) is 23.6 Å². The zero-order valence-corrected chi connectivity index (χ0v) is 15.0. The molecule has 0 saturated heterocycles. The summed E-state index contributed by atoms with van der Waals surface area (Å²) >= 11 is 0. The van der Waals surface area contributed by atoms with Crippen LogP contribution in [0.3, 0.4) is 0 Å². The summed E-state index contributed by atoms with van der Waals surface area (Å²) in [5, 5.41) is 18.8. The van der Waals surface area contributed by atoms with Gasteiger partial charge in [0.25, 0.3) is 0 Å². The van der Waals surface area contributed by atoms with Crippen molar-refractivity contribution >= 4 is 11.9 Å². The Bertz CT molecular complexity index is 645. The fraction of sp³-hybridized carbons (Fsp3) is 0.250. The van der Waals surface area contributed by atoms with Gasteiger partial charge in [0.1, 0.15) is 0 Å². The lowest BCUT2D eigenvalue weighted by atomic mass is 9.92. The van der Waals surface area contributed by atoms with Crippen LogP contribution in [0.4, 0.5) is 0 Å². The molecule has 1 atom stereocenters. The lowest BCUT2D eigenvalue weighted by Crippen LogP contribution is -3.05. The van der Waals surface area contributed by atoms with Crippen LogP contribution in [0, 0.1) is 0 Å². The topological polar surface area (TPSA) is 98.8 Å². The molecule has 0 amide bonds. The number of carbonyl (C=O) groups is 2. The highest BCUT2D eigenvalue weighted by Gasteiger charge is 2.20. The number of carboxylic acid groups (broad SMARTS) is 2. The number of hydrogen-bond donors (Lipinski definition) is 1. The monoisotopic (exact) mass is 356 g/mol. The molecule has 2 rings (SSSR count). The van der Waals surface area contributed by atoms with Crippen LogP contribution < -0.4 is 20.1 Å². The number of aliphatic carboxylic acids is 2. The Morgan fingerprint density at radius 1 is 1.00 bits per heavy atom. The fourth-order valence-electron chi connectivity index (χ4n) is 2.38. The summed E-state index contributed by atoms with van der Waals surface area (Å²) in [5.74, 6) is -2.63. The molecule has 0 saturated carbocycles. The Labute approximate surface area is 153 Å². The summed E-state index contributed by atoms with van der Waals surface area (Å²) in [5.41, 5.74) is 2.69. The number of aromatic amines is 1. The number of rotatable bonds is 7. The zero-order valence-electron chi connectivity index (χ0n) is 15.0. The summed E-state index contributed by atoms with van der Waals surface area (Å²) in [6, 6.07) is 17.1. The summed E-state index contributed by atoms with van der Waals surface area (Å²) in [7, 11) is 4.41. The van der Waals surface area contributed by atoms with Gasteiger partial charge >= 0.3 is 0 Å². The molecule has 138 valence electrons. The van der Waals surface area contributed by atoms with Crippen LogP contribution in [-0.4, -0.2) is 32.6 Å². The Kier molecular flexibility index (Phi) is 9.35. The van der Waals surface area contributed by atoms with Crippen LogP contribution in [0.2, 0.25) is 0 Å². The van der Waals surface area contributed by atoms with Crippen LogP contribution in [0.5, 0.6) is 0 Å². The van der Waals surface area contributed by atoms with Crippen molar-refractivity contribution in [3.63, 3.8) is 0 Å². The molecule has 1 heterocycles. The average Bonchev–Trinajstić information content (AvgIpc) is 2.62. The average molecular weight is 356 g/mol. The smallest absolute Gasteiger partial charge is 0.187 e. The minimum absolute atomic E-state index is 0.384. The van der Waals surface area contributed by atoms with E-state index in [9.17, 15) is 19.8 Å². The molecule has 0 bridgehead atoms. The number of carbonyl (C=O) groups excluding carboxylic acids is 2. The van der Waals surface area contributed by atoms with Crippen molar-refractivity contribution in [2.45, 2.75) is 12.3 Å². The van der Waals surface area contributed by atoms with Crippen LogP contribution >= 0.6 is 0 Å². The van der Waals surface area contributed by atoms with Crippen molar-refractivity contribution in [3.8, 4) is 0 Å². The number of carboxylic acids is 2. The van der Waals surface area contributed by atoms with Gasteiger partial charge in [0.15, 0.2) is 11.9 Å². The Balaban J connectivity index is 0.000000359. The van der Waals surface area contributed by atoms with Crippen molar-refractivity contribution in [1.29, 1.82) is 0 Å². The van der Waals surface area contributed by atoms with E-state index in [4.69, 9.17) is 0 Å². The first kappa shape index (κ1) is 21.1. The van der Waals surface area contributed by atoms with E-state index in [1.54, 1.807) is 0 Å². The SMILES string of the molecule is C[NH+](C)CCC(c1ccccc1)c1cccc[nH+]1.O=C([O-])/C=C\C(=O)[O-]. The molecule has 0 aliphatic rings. The highest BCUT2D eigenvalue weighted by Crippen LogP contribution is 2.23. The maximum atomic E-state index is 9.41. The van der Waals surface area contributed by atoms with Gasteiger partial charge in [-0.1, -0.05) is 36.4 Å². The van der Waals surface area contributed by atoms with E-state index in [-0.39, 0.29) is 0 Å². The van der Waals surface area contributed by atoms with Gasteiger partial charge in [-0.2, -0.15) is 0 Å². The van der Waals surface area contributed by atoms with Crippen molar-refractivity contribution in [3.05, 3.63) is 78.1 Å². The summed E-state index contributed by atoms with van der Waals surface area (Å²) < 4.78 is 0. The molecule has 2 N–H and O–H groups in total. The van der Waals surface area contributed by atoms with Gasteiger partial charge in [-0.15, -0.1) is 0 Å². The molecule has 1 aromatic heterocycles. The van der Waals surface area contributed by atoms with E-state index >= 15 is 0 Å². The number of quaternary nitrogens is 1. The first-order valence-electron chi connectivity index (χ1n) is 8.30. The highest BCUT2D eigenvalue weighted by molar-refractivity contribution is 5.87. The second-order valence-corrected chi connectivity index (χ2v) is 6.00. The van der Waals surface area contributed by atoms with E-state index in [1.807, 2.05) is 12.3 Å². The number of aromatic nitrogens is 1. The van der Waals surface area contributed by atoms with Gasteiger partial charge in [-0.3, -0.25) is 0 Å². The molecule has 6 nitrogen and oxygen atoms in total. The molecular weight excluding hydrogens is 332 g/mol. The largest absolute Gasteiger partial charge is 0.545 e. The summed E-state index contributed by atoms with van der Waals surface area (Å²) in [6.45, 7) is 1.17. The van der Waals surface area contributed by atoms with Gasteiger partial charge in [0.2, 0.25) is 0 Å². The van der Waals surface area contributed by atoms with Gasteiger partial charge in [0, 0.05) is 18.6 Å². The quantitative estimate of drug-likeness (QED) is 0.592. The predicted octanol–water partition coefficient (Wildman–Crippen LogP) is -1.79. The number of benzene rings is 1. The molecule has 0 spiro atoms. The number of nitrogens with one attached hydrogen (secondary N) is 2. The molecule has 1 aromatic carbocycles. The summed E-state index contributed by atoms with van der Waals surface area (Å²) in [4.78, 5) is 23.7. The standard InChI is InChI=1S/C16H20N2.C4H4O4/c1-18(2)13-11-15(14-8-4-3-5-9-14)16-10-6-7-12-17-16;5-3(6)1-2-4(7)8/h3-10,12,15H,11,13H2,1-2H3;1-2H,(H,5,6)(H,7,8)/b;2-1-. The molecule has 6 heteroatoms. The van der Waals surface area contributed by atoms with E-state index in [0.29, 0.717) is 18.1 Å². The normalized spacial score (nSPS) is 11.7. The molecule has 0 aliphatic heterocycles. The van der Waals surface area contributed by atoms with Gasteiger partial charge < -0.3 is 24.7 Å². The van der Waals surface area contributed by atoms with Gasteiger partial charge in [0.05, 0.1) is 38.5 Å². The fourth-order valence-corrected chi connectivity index (χ4v) is 2.38. The molecular formula is C20H24N2O4. The van der Waals surface area contributed by atoms with Gasteiger partial charge in [-0.05, 0) is 17.7 Å². The van der Waals surface area contributed by atoms with Crippen LogP contribution in [0.25, 0.3) is 0 Å². The Hall–Kier alpha value is -2.99. The molecule has 0 fully saturated rings. The molecule has 0 radical (unpaired) electrons. The van der Waals surface area contributed by atoms with E-state index < -0.39 is 11.9 Å². The van der Waals surface area contributed by atoms with Crippen molar-refractivity contribution < 1.29 is 29.7 Å². The van der Waals surface area contributed by atoms with Gasteiger partial charge in [-0.25, -0.2) is 4.98 Å². The van der Waals surface area contributed by atoms with E-state index in [1.165, 1.54) is 22.7 Å².